The van der Waals surface area contributed by atoms with Crippen molar-refractivity contribution in [2.75, 3.05) is 5.73 Å². The highest BCUT2D eigenvalue weighted by Crippen LogP contribution is 2.22. The van der Waals surface area contributed by atoms with Crippen molar-refractivity contribution < 1.29 is 34.8 Å². The number of phenols is 1. The van der Waals surface area contributed by atoms with Gasteiger partial charge in [-0.3, -0.25) is 0 Å². The number of hydrogen-bond acceptors (Lipinski definition) is 6. The molecule has 2 aromatic rings. The Labute approximate surface area is 129 Å². The summed E-state index contributed by atoms with van der Waals surface area (Å²) in [6, 6.07) is 6.66. The van der Waals surface area contributed by atoms with Crippen LogP contribution < -0.4 is 5.73 Å². The summed E-state index contributed by atoms with van der Waals surface area (Å²) >= 11 is 0. The molecule has 0 spiro atoms. The van der Waals surface area contributed by atoms with Crippen molar-refractivity contribution in [3.8, 4) is 5.75 Å². The number of aromatic carboxylic acids is 3. The summed E-state index contributed by atoms with van der Waals surface area (Å²) in [5.74, 6) is -3.98. The van der Waals surface area contributed by atoms with E-state index < -0.39 is 23.6 Å². The third kappa shape index (κ3) is 4.43. The lowest BCUT2D eigenvalue weighted by Gasteiger charge is -2.00. The number of pyridine rings is 1. The highest BCUT2D eigenvalue weighted by atomic mass is 16.4. The number of benzene rings is 1. The molecule has 0 fully saturated rings. The predicted molar refractivity (Wildman–Crippen MR) is 77.6 cm³/mol. The van der Waals surface area contributed by atoms with Crippen molar-refractivity contribution in [3.05, 3.63) is 53.3 Å². The molecule has 2 rings (SSSR count). The highest BCUT2D eigenvalue weighted by Gasteiger charge is 2.15. The topological polar surface area (TPSA) is 171 Å². The van der Waals surface area contributed by atoms with E-state index in [2.05, 4.69) is 4.98 Å². The van der Waals surface area contributed by atoms with E-state index in [1.54, 1.807) is 0 Å². The lowest BCUT2D eigenvalue weighted by molar-refractivity contribution is 0.0646. The number of nitrogens with zero attached hydrogens (tertiary/aromatic N) is 1. The second-order valence-corrected chi connectivity index (χ2v) is 4.05. The van der Waals surface area contributed by atoms with Crippen LogP contribution >= 0.6 is 0 Å². The van der Waals surface area contributed by atoms with Crippen LogP contribution in [0, 0.1) is 0 Å². The number of nitrogen functional groups attached to an aromatic ring is 1. The first kappa shape index (κ1) is 17.4. The SMILES string of the molecule is Nc1c(O)cccc1C(=O)O.O=C(O)c1cccnc1C(=O)O. The second kappa shape index (κ2) is 7.41. The van der Waals surface area contributed by atoms with Crippen molar-refractivity contribution >= 4 is 23.6 Å². The molecule has 9 nitrogen and oxygen atoms in total. The number of aromatic hydroxyl groups is 1. The number of hydrogen-bond donors (Lipinski definition) is 5. The van der Waals surface area contributed by atoms with Gasteiger partial charge in [-0.1, -0.05) is 6.07 Å². The van der Waals surface area contributed by atoms with Crippen LogP contribution in [0.1, 0.15) is 31.2 Å². The Morgan fingerprint density at radius 3 is 1.87 bits per heavy atom. The number of rotatable bonds is 3. The largest absolute Gasteiger partial charge is 0.506 e. The van der Waals surface area contributed by atoms with E-state index >= 15 is 0 Å². The van der Waals surface area contributed by atoms with Gasteiger partial charge in [0.15, 0.2) is 5.69 Å². The standard InChI is InChI=1S/C7H5NO4.C7H7NO3/c9-6(10)4-2-1-3-8-5(4)7(11)12;8-6-4(7(10)11)2-1-3-5(6)9/h1-3H,(H,9,10)(H,11,12);1-3,9H,8H2,(H,10,11). The molecule has 0 aliphatic heterocycles. The van der Waals surface area contributed by atoms with Crippen LogP contribution in [0.15, 0.2) is 36.5 Å². The molecule has 0 radical (unpaired) electrons. The van der Waals surface area contributed by atoms with Crippen molar-refractivity contribution in [3.63, 3.8) is 0 Å². The van der Waals surface area contributed by atoms with Gasteiger partial charge in [-0.05, 0) is 24.3 Å². The summed E-state index contributed by atoms with van der Waals surface area (Å²) in [6.45, 7) is 0. The fraction of sp³-hybridized carbons (Fsp3) is 0. The Balaban J connectivity index is 0.000000231. The van der Waals surface area contributed by atoms with Crippen LogP contribution in [0.5, 0.6) is 5.75 Å². The predicted octanol–water partition coefficient (Wildman–Crippen LogP) is 1.15. The molecule has 6 N–H and O–H groups in total. The summed E-state index contributed by atoms with van der Waals surface area (Å²) in [7, 11) is 0. The molecule has 120 valence electrons. The van der Waals surface area contributed by atoms with E-state index in [-0.39, 0.29) is 22.6 Å². The second-order valence-electron chi connectivity index (χ2n) is 4.05. The lowest BCUT2D eigenvalue weighted by Crippen LogP contribution is -2.09. The zero-order chi connectivity index (χ0) is 17.6. The number of carboxylic acids is 3. The van der Waals surface area contributed by atoms with Gasteiger partial charge in [-0.15, -0.1) is 0 Å². The van der Waals surface area contributed by atoms with Gasteiger partial charge >= 0.3 is 17.9 Å². The average molecular weight is 320 g/mol. The fourth-order valence-corrected chi connectivity index (χ4v) is 1.49. The summed E-state index contributed by atoms with van der Waals surface area (Å²) < 4.78 is 0. The van der Waals surface area contributed by atoms with Gasteiger partial charge in [0.1, 0.15) is 5.75 Å². The van der Waals surface area contributed by atoms with Crippen molar-refractivity contribution in [1.82, 2.24) is 4.98 Å². The minimum Gasteiger partial charge on any atom is -0.506 e. The molecule has 1 aromatic carbocycles. The van der Waals surface area contributed by atoms with Gasteiger partial charge in [0, 0.05) is 6.20 Å². The summed E-state index contributed by atoms with van der Waals surface area (Å²) in [5.41, 5.74) is 4.34. The Morgan fingerprint density at radius 1 is 0.870 bits per heavy atom. The molecule has 0 aliphatic carbocycles. The van der Waals surface area contributed by atoms with Crippen molar-refractivity contribution in [1.29, 1.82) is 0 Å². The quantitative estimate of drug-likeness (QED) is 0.411. The van der Waals surface area contributed by atoms with E-state index in [0.29, 0.717) is 0 Å². The van der Waals surface area contributed by atoms with Crippen molar-refractivity contribution in [2.24, 2.45) is 0 Å². The Hall–Kier alpha value is -3.62. The molecule has 0 saturated heterocycles. The number of aromatic nitrogens is 1. The third-order valence-electron chi connectivity index (χ3n) is 2.55. The normalized spacial score (nSPS) is 9.39. The van der Waals surface area contributed by atoms with Gasteiger partial charge in [-0.2, -0.15) is 0 Å². The molecule has 0 amide bonds. The van der Waals surface area contributed by atoms with Gasteiger partial charge in [0.2, 0.25) is 0 Å². The molecule has 1 heterocycles. The van der Waals surface area contributed by atoms with Gasteiger partial charge in [-0.25, -0.2) is 19.4 Å². The van der Waals surface area contributed by atoms with Crippen LogP contribution in [0.4, 0.5) is 5.69 Å². The molecule has 0 unspecified atom stereocenters. The van der Waals surface area contributed by atoms with Crippen molar-refractivity contribution in [2.45, 2.75) is 0 Å². The molecule has 0 bridgehead atoms. The number of anilines is 1. The first-order chi connectivity index (χ1) is 10.8. The zero-order valence-corrected chi connectivity index (χ0v) is 11.5. The maximum Gasteiger partial charge on any atom is 0.355 e. The zero-order valence-electron chi connectivity index (χ0n) is 11.5. The van der Waals surface area contributed by atoms with Crippen LogP contribution in [0.2, 0.25) is 0 Å². The minimum atomic E-state index is -1.34. The molecular formula is C14H12N2O7. The maximum absolute atomic E-state index is 10.4. The van der Waals surface area contributed by atoms with Gasteiger partial charge < -0.3 is 26.2 Å². The molecule has 0 aliphatic rings. The molecule has 0 atom stereocenters. The highest BCUT2D eigenvalue weighted by molar-refractivity contribution is 6.00. The summed E-state index contributed by atoms with van der Waals surface area (Å²) in [6.07, 6.45) is 1.23. The first-order valence-corrected chi connectivity index (χ1v) is 5.98. The van der Waals surface area contributed by atoms with Crippen LogP contribution in [0.25, 0.3) is 0 Å². The molecule has 1 aromatic heterocycles. The molecule has 0 saturated carbocycles. The maximum atomic E-state index is 10.4. The number of carboxylic acid groups (broad SMARTS) is 3. The number of para-hydroxylation sites is 1. The Morgan fingerprint density at radius 2 is 1.43 bits per heavy atom. The Kier molecular flexibility index (Phi) is 5.61. The smallest absolute Gasteiger partial charge is 0.355 e. The van der Waals surface area contributed by atoms with Gasteiger partial charge in [0.25, 0.3) is 0 Å². The molecular weight excluding hydrogens is 308 g/mol. The molecule has 23 heavy (non-hydrogen) atoms. The first-order valence-electron chi connectivity index (χ1n) is 5.98. The molecule has 9 heteroatoms. The van der Waals surface area contributed by atoms with Crippen LogP contribution in [0.3, 0.4) is 0 Å². The van der Waals surface area contributed by atoms with Crippen LogP contribution in [-0.4, -0.2) is 43.3 Å². The third-order valence-corrected chi connectivity index (χ3v) is 2.55. The van der Waals surface area contributed by atoms with E-state index in [4.69, 9.17) is 26.2 Å². The fourth-order valence-electron chi connectivity index (χ4n) is 1.49. The van der Waals surface area contributed by atoms with E-state index in [1.807, 2.05) is 0 Å². The van der Waals surface area contributed by atoms with Gasteiger partial charge in [0.05, 0.1) is 16.8 Å². The summed E-state index contributed by atoms with van der Waals surface area (Å²) in [4.78, 5) is 34.6. The summed E-state index contributed by atoms with van der Waals surface area (Å²) in [5, 5.41) is 34.5. The van der Waals surface area contributed by atoms with E-state index in [1.165, 1.54) is 36.5 Å². The number of nitrogens with two attached hydrogens (primary N) is 1. The Bertz CT molecular complexity index is 726. The minimum absolute atomic E-state index is 0.0787. The van der Waals surface area contributed by atoms with E-state index in [0.717, 1.165) is 0 Å². The van der Waals surface area contributed by atoms with Crippen LogP contribution in [-0.2, 0) is 0 Å². The average Bonchev–Trinajstić information content (AvgIpc) is 2.50. The monoisotopic (exact) mass is 320 g/mol. The lowest BCUT2D eigenvalue weighted by atomic mass is 10.2. The number of carbonyl (C=O) groups is 3. The number of phenolic OH excluding ortho intramolecular Hbond substituents is 1. The van der Waals surface area contributed by atoms with E-state index in [9.17, 15) is 14.4 Å².